The molecule has 8 nitrogen and oxygen atoms in total. The van der Waals surface area contributed by atoms with Gasteiger partial charge in [0, 0.05) is 31.0 Å². The number of halogens is 1. The predicted octanol–water partition coefficient (Wildman–Crippen LogP) is 3.88. The average Bonchev–Trinajstić information content (AvgIpc) is 2.88. The molecule has 0 radical (unpaired) electrons. The van der Waals surface area contributed by atoms with Gasteiger partial charge in [-0.1, -0.05) is 30.3 Å². The van der Waals surface area contributed by atoms with E-state index < -0.39 is 23.0 Å². The highest BCUT2D eigenvalue weighted by molar-refractivity contribution is 6.04. The number of hydrogen-bond donors (Lipinski definition) is 3. The largest absolute Gasteiger partial charge is 0.496 e. The first-order chi connectivity index (χ1) is 17.7. The molecule has 4 aromatic rings. The molecule has 0 spiro atoms. The summed E-state index contributed by atoms with van der Waals surface area (Å²) in [5.41, 5.74) is 9.96. The smallest absolute Gasteiger partial charge is 0.328 e. The summed E-state index contributed by atoms with van der Waals surface area (Å²) < 4.78 is 20.9. The van der Waals surface area contributed by atoms with E-state index >= 15 is 0 Å². The number of nitrogens with one attached hydrogen (secondary N) is 2. The number of ether oxygens (including phenoxy) is 1. The second kappa shape index (κ2) is 10.2. The first-order valence-corrected chi connectivity index (χ1v) is 11.5. The van der Waals surface area contributed by atoms with Gasteiger partial charge in [0.2, 0.25) is 0 Å². The van der Waals surface area contributed by atoms with Crippen molar-refractivity contribution in [3.05, 3.63) is 104 Å². The van der Waals surface area contributed by atoms with Crippen molar-refractivity contribution < 1.29 is 13.9 Å². The SMILES string of the molecule is COc1cc(-c2cccc(-c3cccc(NC(=O)c4c[nH]c(=O)n(C)c4=O)c3C)c2C)cc(F)c1CN. The zero-order chi connectivity index (χ0) is 26.9. The minimum Gasteiger partial charge on any atom is -0.496 e. The summed E-state index contributed by atoms with van der Waals surface area (Å²) in [4.78, 5) is 39.2. The van der Waals surface area contributed by atoms with Crippen LogP contribution in [0.1, 0.15) is 27.0 Å². The van der Waals surface area contributed by atoms with Crippen molar-refractivity contribution in [2.75, 3.05) is 12.4 Å². The highest BCUT2D eigenvalue weighted by Crippen LogP contribution is 2.37. The quantitative estimate of drug-likeness (QED) is 0.370. The predicted molar refractivity (Wildman–Crippen MR) is 141 cm³/mol. The maximum atomic E-state index is 14.7. The topological polar surface area (TPSA) is 119 Å². The lowest BCUT2D eigenvalue weighted by Crippen LogP contribution is -2.37. The lowest BCUT2D eigenvalue weighted by molar-refractivity contribution is 0.102. The number of anilines is 1. The molecule has 9 heteroatoms. The van der Waals surface area contributed by atoms with Gasteiger partial charge in [0.1, 0.15) is 17.1 Å². The normalized spacial score (nSPS) is 10.9. The van der Waals surface area contributed by atoms with Crippen LogP contribution in [0.5, 0.6) is 5.75 Å². The number of methoxy groups -OCH3 is 1. The van der Waals surface area contributed by atoms with Crippen LogP contribution in [-0.2, 0) is 13.6 Å². The van der Waals surface area contributed by atoms with Crippen LogP contribution >= 0.6 is 0 Å². The monoisotopic (exact) mass is 502 g/mol. The van der Waals surface area contributed by atoms with Gasteiger partial charge in [-0.25, -0.2) is 9.18 Å². The van der Waals surface area contributed by atoms with Gasteiger partial charge in [-0.2, -0.15) is 0 Å². The third-order valence-electron chi connectivity index (χ3n) is 6.52. The van der Waals surface area contributed by atoms with Crippen molar-refractivity contribution in [2.24, 2.45) is 12.8 Å². The molecule has 0 aliphatic carbocycles. The van der Waals surface area contributed by atoms with E-state index in [4.69, 9.17) is 10.5 Å². The van der Waals surface area contributed by atoms with Gasteiger partial charge < -0.3 is 20.8 Å². The first-order valence-electron chi connectivity index (χ1n) is 11.5. The van der Waals surface area contributed by atoms with E-state index in [0.717, 1.165) is 38.6 Å². The Bertz CT molecular complexity index is 1640. The van der Waals surface area contributed by atoms with Crippen molar-refractivity contribution in [1.82, 2.24) is 9.55 Å². The number of rotatable bonds is 6. The summed E-state index contributed by atoms with van der Waals surface area (Å²) in [6.45, 7) is 3.83. The summed E-state index contributed by atoms with van der Waals surface area (Å²) in [6, 6.07) is 14.4. The Labute approximate surface area is 212 Å². The number of benzene rings is 3. The summed E-state index contributed by atoms with van der Waals surface area (Å²) >= 11 is 0. The number of hydrogen-bond acceptors (Lipinski definition) is 5. The standard InChI is InChI=1S/C28H27FN4O4/c1-15-18(17-11-23(29)21(13-30)25(12-17)37-4)7-5-8-19(15)20-9-6-10-24(16(20)2)32-26(34)22-14-31-28(36)33(3)27(22)35/h5-12,14H,13,30H2,1-4H3,(H,31,36)(H,32,34). The number of H-pyrrole nitrogens is 1. The van der Waals surface area contributed by atoms with E-state index in [1.807, 2.05) is 38.1 Å². The van der Waals surface area contributed by atoms with Crippen molar-refractivity contribution in [3.63, 3.8) is 0 Å². The fraction of sp³-hybridized carbons (Fsp3) is 0.179. The molecule has 0 unspecified atom stereocenters. The van der Waals surface area contributed by atoms with Crippen LogP contribution in [0, 0.1) is 19.7 Å². The molecule has 0 aliphatic heterocycles. The summed E-state index contributed by atoms with van der Waals surface area (Å²) in [7, 11) is 2.78. The molecule has 37 heavy (non-hydrogen) atoms. The maximum Gasteiger partial charge on any atom is 0.328 e. The minimum atomic E-state index is -0.693. The van der Waals surface area contributed by atoms with E-state index in [2.05, 4.69) is 10.3 Å². The summed E-state index contributed by atoms with van der Waals surface area (Å²) in [5.74, 6) is -0.683. The molecule has 0 saturated heterocycles. The van der Waals surface area contributed by atoms with Gasteiger partial charge >= 0.3 is 5.69 Å². The van der Waals surface area contributed by atoms with Gasteiger partial charge in [0.15, 0.2) is 0 Å². The maximum absolute atomic E-state index is 14.7. The average molecular weight is 503 g/mol. The van der Waals surface area contributed by atoms with Crippen molar-refractivity contribution in [2.45, 2.75) is 20.4 Å². The van der Waals surface area contributed by atoms with E-state index in [0.29, 0.717) is 22.6 Å². The number of nitrogens with zero attached hydrogens (tertiary/aromatic N) is 1. The highest BCUT2D eigenvalue weighted by atomic mass is 19.1. The van der Waals surface area contributed by atoms with Gasteiger partial charge in [0.05, 0.1) is 7.11 Å². The molecule has 0 saturated carbocycles. The number of carbonyl (C=O) groups excluding carboxylic acids is 1. The number of aromatic amines is 1. The fourth-order valence-corrected chi connectivity index (χ4v) is 4.37. The molecule has 1 amide bonds. The second-order valence-corrected chi connectivity index (χ2v) is 8.63. The number of aromatic nitrogens is 2. The highest BCUT2D eigenvalue weighted by Gasteiger charge is 2.18. The molecule has 0 bridgehead atoms. The van der Waals surface area contributed by atoms with E-state index in [-0.39, 0.29) is 12.1 Å². The summed E-state index contributed by atoms with van der Waals surface area (Å²) in [6.07, 6.45) is 1.11. The van der Waals surface area contributed by atoms with Crippen molar-refractivity contribution in [1.29, 1.82) is 0 Å². The Morgan fingerprint density at radius 2 is 1.70 bits per heavy atom. The molecule has 1 aromatic heterocycles. The Morgan fingerprint density at radius 3 is 2.38 bits per heavy atom. The van der Waals surface area contributed by atoms with Gasteiger partial charge in [-0.15, -0.1) is 0 Å². The second-order valence-electron chi connectivity index (χ2n) is 8.63. The molecule has 0 atom stereocenters. The lowest BCUT2D eigenvalue weighted by atomic mass is 9.90. The third-order valence-corrected chi connectivity index (χ3v) is 6.52. The Kier molecular flexibility index (Phi) is 7.08. The van der Waals surface area contributed by atoms with E-state index in [1.54, 1.807) is 18.2 Å². The van der Waals surface area contributed by atoms with Crippen LogP contribution in [0.2, 0.25) is 0 Å². The molecule has 1 heterocycles. The van der Waals surface area contributed by atoms with Gasteiger partial charge in [-0.05, 0) is 65.4 Å². The number of amides is 1. The van der Waals surface area contributed by atoms with Crippen LogP contribution < -0.4 is 27.0 Å². The van der Waals surface area contributed by atoms with E-state index in [1.165, 1.54) is 20.2 Å². The molecule has 0 aliphatic rings. The molecular formula is C28H27FN4O4. The molecule has 4 N–H and O–H groups in total. The molecule has 3 aromatic carbocycles. The van der Waals surface area contributed by atoms with Crippen LogP contribution in [0.3, 0.4) is 0 Å². The zero-order valence-corrected chi connectivity index (χ0v) is 20.9. The Hall–Kier alpha value is -4.50. The van der Waals surface area contributed by atoms with Crippen LogP contribution in [-0.4, -0.2) is 22.6 Å². The molecule has 4 rings (SSSR count). The molecule has 0 fully saturated rings. The number of carbonyl (C=O) groups is 1. The van der Waals surface area contributed by atoms with Crippen LogP contribution in [0.4, 0.5) is 10.1 Å². The van der Waals surface area contributed by atoms with Gasteiger partial charge in [0.25, 0.3) is 11.5 Å². The molecular weight excluding hydrogens is 475 g/mol. The first kappa shape index (κ1) is 25.6. The zero-order valence-electron chi connectivity index (χ0n) is 20.9. The summed E-state index contributed by atoms with van der Waals surface area (Å²) in [5, 5.41) is 2.77. The fourth-order valence-electron chi connectivity index (χ4n) is 4.37. The minimum absolute atomic E-state index is 0.0250. The van der Waals surface area contributed by atoms with E-state index in [9.17, 15) is 18.8 Å². The number of nitrogens with two attached hydrogens (primary N) is 1. The third kappa shape index (κ3) is 4.68. The van der Waals surface area contributed by atoms with Crippen molar-refractivity contribution >= 4 is 11.6 Å². The lowest BCUT2D eigenvalue weighted by Gasteiger charge is -2.17. The van der Waals surface area contributed by atoms with Crippen molar-refractivity contribution in [3.8, 4) is 28.0 Å². The van der Waals surface area contributed by atoms with Crippen LogP contribution in [0.25, 0.3) is 22.3 Å². The Balaban J connectivity index is 1.75. The molecule has 190 valence electrons. The van der Waals surface area contributed by atoms with Crippen LogP contribution in [0.15, 0.2) is 64.3 Å². The van der Waals surface area contributed by atoms with Gasteiger partial charge in [-0.3, -0.25) is 14.2 Å². The Morgan fingerprint density at radius 1 is 1.05 bits per heavy atom.